The van der Waals surface area contributed by atoms with E-state index in [-0.39, 0.29) is 23.1 Å². The number of rotatable bonds is 5. The third-order valence-electron chi connectivity index (χ3n) is 3.64. The monoisotopic (exact) mass is 284 g/mol. The number of carbonyl (C=O) groups excluding carboxylic acids is 1. The Balaban J connectivity index is 1.97. The fourth-order valence-corrected chi connectivity index (χ4v) is 2.42. The second kappa shape index (κ2) is 5.54. The highest BCUT2D eigenvalue weighted by Gasteiger charge is 2.27. The van der Waals surface area contributed by atoms with Crippen molar-refractivity contribution in [3.05, 3.63) is 59.8 Å². The molecule has 1 aliphatic heterocycles. The van der Waals surface area contributed by atoms with E-state index in [4.69, 9.17) is 4.74 Å². The van der Waals surface area contributed by atoms with Crippen molar-refractivity contribution in [1.29, 1.82) is 0 Å². The van der Waals surface area contributed by atoms with Gasteiger partial charge in [0.05, 0.1) is 26.0 Å². The van der Waals surface area contributed by atoms with E-state index in [2.05, 4.69) is 11.7 Å². The predicted molar refractivity (Wildman–Crippen MR) is 77.5 cm³/mol. The summed E-state index contributed by atoms with van der Waals surface area (Å²) in [5.74, 6) is -0.0969. The Morgan fingerprint density at radius 3 is 2.86 bits per heavy atom. The number of hydrogen-bond donors (Lipinski definition) is 1. The molecule has 1 aliphatic rings. The molecule has 5 heteroatoms. The third-order valence-corrected chi connectivity index (χ3v) is 3.64. The van der Waals surface area contributed by atoms with E-state index in [9.17, 15) is 9.90 Å². The van der Waals surface area contributed by atoms with E-state index in [0.717, 1.165) is 5.56 Å². The maximum Gasteiger partial charge on any atom is 0.221 e. The van der Waals surface area contributed by atoms with Gasteiger partial charge in [0.1, 0.15) is 5.56 Å². The average molecular weight is 284 g/mol. The molecule has 5 nitrogen and oxygen atoms in total. The molecule has 108 valence electrons. The molecular formula is C16H16N2O3. The van der Waals surface area contributed by atoms with Crippen LogP contribution in [-0.2, 0) is 11.3 Å². The van der Waals surface area contributed by atoms with Crippen LogP contribution in [0.3, 0.4) is 0 Å². The van der Waals surface area contributed by atoms with Crippen LogP contribution in [0.1, 0.15) is 27.4 Å². The highest BCUT2D eigenvalue weighted by molar-refractivity contribution is 6.11. The average Bonchev–Trinajstić information content (AvgIpc) is 2.79. The minimum Gasteiger partial charge on any atom is -0.493 e. The largest absolute Gasteiger partial charge is 0.493 e. The van der Waals surface area contributed by atoms with Crippen molar-refractivity contribution in [2.75, 3.05) is 13.2 Å². The summed E-state index contributed by atoms with van der Waals surface area (Å²) in [6.07, 6.45) is 3.01. The second-order valence-corrected chi connectivity index (χ2v) is 5.00. The number of ketones is 1. The summed E-state index contributed by atoms with van der Waals surface area (Å²) < 4.78 is 6.54. The molecule has 1 saturated heterocycles. The first-order valence-electron chi connectivity index (χ1n) is 6.79. The molecule has 0 amide bonds. The number of ether oxygens (including phenoxy) is 1. The summed E-state index contributed by atoms with van der Waals surface area (Å²) >= 11 is 0. The van der Waals surface area contributed by atoms with E-state index in [0.29, 0.717) is 25.3 Å². The van der Waals surface area contributed by atoms with Gasteiger partial charge in [-0.3, -0.25) is 4.79 Å². The van der Waals surface area contributed by atoms with Crippen molar-refractivity contribution in [2.24, 2.45) is 0 Å². The lowest BCUT2D eigenvalue weighted by Crippen LogP contribution is -2.27. The molecule has 1 fully saturated rings. The topological polar surface area (TPSA) is 64.4 Å². The molecule has 3 rings (SSSR count). The van der Waals surface area contributed by atoms with Gasteiger partial charge in [-0.2, -0.15) is 5.10 Å². The minimum absolute atomic E-state index is 0.125. The number of hydrogen-bond acceptors (Lipinski definition) is 4. The van der Waals surface area contributed by atoms with Gasteiger partial charge in [0, 0.05) is 11.5 Å². The van der Waals surface area contributed by atoms with Crippen LogP contribution in [0.5, 0.6) is 5.88 Å². The number of allylic oxidation sites excluding steroid dienone is 1. The molecule has 0 radical (unpaired) electrons. The number of aromatic hydroxyl groups is 1. The Kier molecular flexibility index (Phi) is 3.58. The normalized spacial score (nSPS) is 14.7. The smallest absolute Gasteiger partial charge is 0.221 e. The van der Waals surface area contributed by atoms with Crippen LogP contribution in [0.2, 0.25) is 0 Å². The predicted octanol–water partition coefficient (Wildman–Crippen LogP) is 2.12. The van der Waals surface area contributed by atoms with Gasteiger partial charge in [0.25, 0.3) is 0 Å². The lowest BCUT2D eigenvalue weighted by molar-refractivity contribution is 0.00817. The number of aromatic nitrogens is 2. The SMILES string of the molecule is C=CCn1ncc(C(=O)c2ccccc2C2COC2)c1O. The molecule has 1 aromatic carbocycles. The molecule has 0 bridgehead atoms. The number of benzene rings is 1. The Morgan fingerprint density at radius 1 is 1.43 bits per heavy atom. The maximum absolute atomic E-state index is 12.7. The van der Waals surface area contributed by atoms with E-state index < -0.39 is 0 Å². The minimum atomic E-state index is -0.217. The van der Waals surface area contributed by atoms with Crippen molar-refractivity contribution in [3.8, 4) is 5.88 Å². The first-order chi connectivity index (χ1) is 10.2. The summed E-state index contributed by atoms with van der Waals surface area (Å²) in [7, 11) is 0. The fraction of sp³-hybridized carbons (Fsp3) is 0.250. The highest BCUT2D eigenvalue weighted by atomic mass is 16.5. The zero-order valence-corrected chi connectivity index (χ0v) is 11.5. The molecule has 2 heterocycles. The fourth-order valence-electron chi connectivity index (χ4n) is 2.42. The molecule has 2 aromatic rings. The van der Waals surface area contributed by atoms with Crippen LogP contribution in [0.25, 0.3) is 0 Å². The van der Waals surface area contributed by atoms with Gasteiger partial charge in [-0.15, -0.1) is 6.58 Å². The zero-order valence-electron chi connectivity index (χ0n) is 11.5. The van der Waals surface area contributed by atoms with Crippen molar-refractivity contribution >= 4 is 5.78 Å². The molecule has 1 N–H and O–H groups in total. The van der Waals surface area contributed by atoms with Crippen LogP contribution in [0, 0.1) is 0 Å². The van der Waals surface area contributed by atoms with Crippen LogP contribution in [-0.4, -0.2) is 33.9 Å². The molecule has 0 spiro atoms. The molecule has 21 heavy (non-hydrogen) atoms. The molecule has 0 aliphatic carbocycles. The Labute approximate surface area is 122 Å². The van der Waals surface area contributed by atoms with Gasteiger partial charge in [-0.25, -0.2) is 4.68 Å². The molecule has 0 atom stereocenters. The van der Waals surface area contributed by atoms with E-state index in [1.807, 2.05) is 18.2 Å². The Hall–Kier alpha value is -2.40. The lowest BCUT2D eigenvalue weighted by atomic mass is 9.89. The van der Waals surface area contributed by atoms with E-state index in [1.165, 1.54) is 10.9 Å². The molecule has 1 aromatic heterocycles. The van der Waals surface area contributed by atoms with Gasteiger partial charge < -0.3 is 9.84 Å². The lowest BCUT2D eigenvalue weighted by Gasteiger charge is -2.27. The maximum atomic E-state index is 12.7. The van der Waals surface area contributed by atoms with Gasteiger partial charge in [0.2, 0.25) is 5.88 Å². The first-order valence-corrected chi connectivity index (χ1v) is 6.79. The van der Waals surface area contributed by atoms with E-state index >= 15 is 0 Å². The molecular weight excluding hydrogens is 268 g/mol. The Morgan fingerprint density at radius 2 is 2.19 bits per heavy atom. The Bertz CT molecular complexity index is 687. The summed E-state index contributed by atoms with van der Waals surface area (Å²) in [5.41, 5.74) is 1.77. The number of carbonyl (C=O) groups is 1. The number of nitrogens with zero attached hydrogens (tertiary/aromatic N) is 2. The summed E-state index contributed by atoms with van der Waals surface area (Å²) in [6, 6.07) is 7.44. The first kappa shape index (κ1) is 13.6. The highest BCUT2D eigenvalue weighted by Crippen LogP contribution is 2.30. The summed E-state index contributed by atoms with van der Waals surface area (Å²) in [4.78, 5) is 12.7. The van der Waals surface area contributed by atoms with E-state index in [1.54, 1.807) is 12.1 Å². The zero-order chi connectivity index (χ0) is 14.8. The van der Waals surface area contributed by atoms with Crippen LogP contribution in [0.4, 0.5) is 0 Å². The summed E-state index contributed by atoms with van der Waals surface area (Å²) in [5, 5.41) is 14.1. The third kappa shape index (κ3) is 2.36. The van der Waals surface area contributed by atoms with Crippen molar-refractivity contribution in [2.45, 2.75) is 12.5 Å². The molecule has 0 saturated carbocycles. The van der Waals surface area contributed by atoms with Gasteiger partial charge in [0.15, 0.2) is 5.78 Å². The summed E-state index contributed by atoms with van der Waals surface area (Å²) in [6.45, 7) is 5.21. The standard InChI is InChI=1S/C16H16N2O3/c1-2-7-18-16(20)14(8-17-18)15(19)13-6-4-3-5-12(13)11-9-21-10-11/h2-6,8,11,20H,1,7,9-10H2. The van der Waals surface area contributed by atoms with Crippen LogP contribution in [0.15, 0.2) is 43.1 Å². The molecule has 0 unspecified atom stereocenters. The quantitative estimate of drug-likeness (QED) is 0.674. The van der Waals surface area contributed by atoms with Crippen LogP contribution >= 0.6 is 0 Å². The van der Waals surface area contributed by atoms with Crippen molar-refractivity contribution in [1.82, 2.24) is 9.78 Å². The van der Waals surface area contributed by atoms with Gasteiger partial charge >= 0.3 is 0 Å². The van der Waals surface area contributed by atoms with Crippen LogP contribution < -0.4 is 0 Å². The van der Waals surface area contributed by atoms with Gasteiger partial charge in [-0.05, 0) is 5.56 Å². The van der Waals surface area contributed by atoms with Gasteiger partial charge in [-0.1, -0.05) is 30.3 Å². The van der Waals surface area contributed by atoms with Crippen molar-refractivity contribution in [3.63, 3.8) is 0 Å². The van der Waals surface area contributed by atoms with Crippen molar-refractivity contribution < 1.29 is 14.6 Å². The second-order valence-electron chi connectivity index (χ2n) is 5.00.